The van der Waals surface area contributed by atoms with E-state index in [0.29, 0.717) is 25.3 Å². The summed E-state index contributed by atoms with van der Waals surface area (Å²) in [5, 5.41) is 12.2. The maximum atomic E-state index is 11.4. The zero-order valence-corrected chi connectivity index (χ0v) is 10.1. The number of nitrogens with one attached hydrogen (secondary N) is 1. The number of carbonyl (C=O) groups is 1. The molecule has 0 atom stereocenters. The van der Waals surface area contributed by atoms with Gasteiger partial charge in [0.1, 0.15) is 5.41 Å². The molecular formula is C13H14N2O3. The summed E-state index contributed by atoms with van der Waals surface area (Å²) in [6, 6.07) is 9.26. The van der Waals surface area contributed by atoms with Crippen molar-refractivity contribution in [1.29, 1.82) is 5.26 Å². The highest BCUT2D eigenvalue weighted by atomic mass is 16.5. The Kier molecular flexibility index (Phi) is 3.49. The minimum absolute atomic E-state index is 0.374. The van der Waals surface area contributed by atoms with Crippen molar-refractivity contribution in [3.8, 4) is 6.07 Å². The van der Waals surface area contributed by atoms with E-state index in [1.165, 1.54) is 7.11 Å². The van der Waals surface area contributed by atoms with Crippen molar-refractivity contribution in [2.24, 2.45) is 5.41 Å². The van der Waals surface area contributed by atoms with Crippen LogP contribution in [0.5, 0.6) is 0 Å². The van der Waals surface area contributed by atoms with E-state index in [-0.39, 0.29) is 5.97 Å². The molecule has 0 aromatic heterocycles. The molecule has 5 heteroatoms. The van der Waals surface area contributed by atoms with Crippen LogP contribution < -0.4 is 5.32 Å². The van der Waals surface area contributed by atoms with E-state index < -0.39 is 5.41 Å². The third kappa shape index (κ3) is 2.44. The molecule has 1 aromatic carbocycles. The Balaban J connectivity index is 2.02. The van der Waals surface area contributed by atoms with Gasteiger partial charge >= 0.3 is 5.97 Å². The van der Waals surface area contributed by atoms with E-state index >= 15 is 0 Å². The molecular weight excluding hydrogens is 232 g/mol. The van der Waals surface area contributed by atoms with Gasteiger partial charge < -0.3 is 14.8 Å². The third-order valence-electron chi connectivity index (χ3n) is 2.91. The lowest BCUT2D eigenvalue weighted by Gasteiger charge is -2.35. The highest BCUT2D eigenvalue weighted by Crippen LogP contribution is 2.27. The molecule has 2 rings (SSSR count). The number of ether oxygens (including phenoxy) is 2. The molecule has 0 bridgehead atoms. The summed E-state index contributed by atoms with van der Waals surface area (Å²) in [6.07, 6.45) is 0. The number of esters is 1. The molecule has 0 aliphatic carbocycles. The van der Waals surface area contributed by atoms with Crippen molar-refractivity contribution in [3.05, 3.63) is 29.8 Å². The van der Waals surface area contributed by atoms with Crippen molar-refractivity contribution in [1.82, 2.24) is 0 Å². The molecule has 1 N–H and O–H groups in total. The molecule has 1 aromatic rings. The fraction of sp³-hybridized carbons (Fsp3) is 0.385. The normalized spacial score (nSPS) is 16.2. The molecule has 1 saturated heterocycles. The van der Waals surface area contributed by atoms with Gasteiger partial charge in [-0.1, -0.05) is 6.07 Å². The van der Waals surface area contributed by atoms with Gasteiger partial charge in [0.15, 0.2) is 0 Å². The largest absolute Gasteiger partial charge is 0.465 e. The summed E-state index contributed by atoms with van der Waals surface area (Å²) < 4.78 is 9.71. The number of hydrogen-bond acceptors (Lipinski definition) is 5. The SMILES string of the molecule is COC(=O)c1cccc(NCC2(C#N)COC2)c1. The van der Waals surface area contributed by atoms with Crippen molar-refractivity contribution in [2.45, 2.75) is 0 Å². The fourth-order valence-electron chi connectivity index (χ4n) is 1.70. The average molecular weight is 246 g/mol. The predicted molar refractivity (Wildman–Crippen MR) is 65.1 cm³/mol. The number of methoxy groups -OCH3 is 1. The summed E-state index contributed by atoms with van der Waals surface area (Å²) in [4.78, 5) is 11.4. The van der Waals surface area contributed by atoms with Crippen LogP contribution in [0.3, 0.4) is 0 Å². The average Bonchev–Trinajstić information content (AvgIpc) is 2.37. The predicted octanol–water partition coefficient (Wildman–Crippen LogP) is 1.43. The molecule has 1 fully saturated rings. The van der Waals surface area contributed by atoms with Gasteiger partial charge in [0.05, 0.1) is 32.0 Å². The lowest BCUT2D eigenvalue weighted by Crippen LogP contribution is -2.46. The molecule has 0 spiro atoms. The van der Waals surface area contributed by atoms with Crippen molar-refractivity contribution in [2.75, 3.05) is 32.2 Å². The first-order valence-corrected chi connectivity index (χ1v) is 5.60. The van der Waals surface area contributed by atoms with E-state index in [9.17, 15) is 4.79 Å². The van der Waals surface area contributed by atoms with Crippen LogP contribution >= 0.6 is 0 Å². The van der Waals surface area contributed by atoms with E-state index in [1.54, 1.807) is 18.2 Å². The Bertz CT molecular complexity index is 489. The van der Waals surface area contributed by atoms with E-state index in [2.05, 4.69) is 16.1 Å². The number of rotatable bonds is 4. The monoisotopic (exact) mass is 246 g/mol. The van der Waals surface area contributed by atoms with Gasteiger partial charge in [-0.15, -0.1) is 0 Å². The van der Waals surface area contributed by atoms with Crippen LogP contribution in [0.15, 0.2) is 24.3 Å². The molecule has 1 heterocycles. The van der Waals surface area contributed by atoms with Crippen LogP contribution in [0.4, 0.5) is 5.69 Å². The zero-order chi connectivity index (χ0) is 13.0. The van der Waals surface area contributed by atoms with Crippen molar-refractivity contribution < 1.29 is 14.3 Å². The first-order chi connectivity index (χ1) is 8.69. The maximum Gasteiger partial charge on any atom is 0.337 e. The summed E-state index contributed by atoms with van der Waals surface area (Å²) in [7, 11) is 1.35. The van der Waals surface area contributed by atoms with Gasteiger partial charge in [-0.25, -0.2) is 4.79 Å². The number of benzene rings is 1. The number of nitriles is 1. The number of hydrogen-bond donors (Lipinski definition) is 1. The molecule has 18 heavy (non-hydrogen) atoms. The van der Waals surface area contributed by atoms with Gasteiger partial charge in [0.25, 0.3) is 0 Å². The Hall–Kier alpha value is -2.06. The fourth-order valence-corrected chi connectivity index (χ4v) is 1.70. The first-order valence-electron chi connectivity index (χ1n) is 5.60. The van der Waals surface area contributed by atoms with Crippen LogP contribution in [-0.2, 0) is 9.47 Å². The maximum absolute atomic E-state index is 11.4. The molecule has 1 aliphatic heterocycles. The molecule has 0 saturated carbocycles. The highest BCUT2D eigenvalue weighted by Gasteiger charge is 2.38. The van der Waals surface area contributed by atoms with Gasteiger partial charge in [-0.05, 0) is 18.2 Å². The van der Waals surface area contributed by atoms with Crippen molar-refractivity contribution >= 4 is 11.7 Å². The molecule has 0 unspecified atom stereocenters. The minimum Gasteiger partial charge on any atom is -0.465 e. The second-order valence-electron chi connectivity index (χ2n) is 4.31. The minimum atomic E-state index is -0.443. The Morgan fingerprint density at radius 2 is 2.39 bits per heavy atom. The van der Waals surface area contributed by atoms with Gasteiger partial charge in [0.2, 0.25) is 0 Å². The molecule has 94 valence electrons. The number of nitrogens with zero attached hydrogens (tertiary/aromatic N) is 1. The Morgan fingerprint density at radius 1 is 1.61 bits per heavy atom. The van der Waals surface area contributed by atoms with Crippen LogP contribution in [-0.4, -0.2) is 32.8 Å². The smallest absolute Gasteiger partial charge is 0.337 e. The van der Waals surface area contributed by atoms with Crippen LogP contribution in [0.1, 0.15) is 10.4 Å². The summed E-state index contributed by atoms with van der Waals surface area (Å²) in [6.45, 7) is 1.41. The number of carbonyl (C=O) groups excluding carboxylic acids is 1. The van der Waals surface area contributed by atoms with Crippen molar-refractivity contribution in [3.63, 3.8) is 0 Å². The summed E-state index contributed by atoms with van der Waals surface area (Å²) >= 11 is 0. The van der Waals surface area contributed by atoms with Gasteiger partial charge in [-0.3, -0.25) is 0 Å². The summed E-state index contributed by atoms with van der Waals surface area (Å²) in [5.74, 6) is -0.374. The molecule has 5 nitrogen and oxygen atoms in total. The van der Waals surface area contributed by atoms with Gasteiger partial charge in [0, 0.05) is 12.2 Å². The second kappa shape index (κ2) is 5.07. The summed E-state index contributed by atoms with van der Waals surface area (Å²) in [5.41, 5.74) is 0.833. The lowest BCUT2D eigenvalue weighted by atomic mass is 9.88. The third-order valence-corrected chi connectivity index (χ3v) is 2.91. The topological polar surface area (TPSA) is 71.3 Å². The second-order valence-corrected chi connectivity index (χ2v) is 4.31. The Labute approximate surface area is 105 Å². The first kappa shape index (κ1) is 12.4. The Morgan fingerprint density at radius 3 is 2.94 bits per heavy atom. The van der Waals surface area contributed by atoms with E-state index in [0.717, 1.165) is 5.69 Å². The van der Waals surface area contributed by atoms with E-state index in [1.807, 2.05) is 6.07 Å². The number of anilines is 1. The lowest BCUT2D eigenvalue weighted by molar-refractivity contribution is -0.0690. The standard InChI is InChI=1S/C13H14N2O3/c1-17-12(16)10-3-2-4-11(5-10)15-7-13(6-14)8-18-9-13/h2-5,15H,7-9H2,1H3. The van der Waals surface area contributed by atoms with Gasteiger partial charge in [-0.2, -0.15) is 5.26 Å². The van der Waals surface area contributed by atoms with Crippen LogP contribution in [0.2, 0.25) is 0 Å². The van der Waals surface area contributed by atoms with Crippen LogP contribution in [0, 0.1) is 16.7 Å². The quantitative estimate of drug-likeness (QED) is 0.813. The van der Waals surface area contributed by atoms with Crippen LogP contribution in [0.25, 0.3) is 0 Å². The molecule has 0 radical (unpaired) electrons. The zero-order valence-electron chi connectivity index (χ0n) is 10.1. The van der Waals surface area contributed by atoms with E-state index in [4.69, 9.17) is 10.00 Å². The highest BCUT2D eigenvalue weighted by molar-refractivity contribution is 5.90. The molecule has 0 amide bonds. The molecule has 1 aliphatic rings.